The van der Waals surface area contributed by atoms with E-state index in [0.717, 1.165) is 36.0 Å². The first-order valence-electron chi connectivity index (χ1n) is 11.5. The fraction of sp³-hybridized carbons (Fsp3) is 0.385. The van der Waals surface area contributed by atoms with Crippen molar-refractivity contribution in [1.82, 2.24) is 15.8 Å². The molecule has 1 aliphatic heterocycles. The van der Waals surface area contributed by atoms with Gasteiger partial charge in [-0.05, 0) is 68.4 Å². The highest BCUT2D eigenvalue weighted by Crippen LogP contribution is 2.44. The molecule has 7 heteroatoms. The molecule has 5 rings (SSSR count). The highest BCUT2D eigenvalue weighted by molar-refractivity contribution is 5.95. The van der Waals surface area contributed by atoms with Gasteiger partial charge in [-0.25, -0.2) is 5.48 Å². The Hall–Kier alpha value is -3.16. The van der Waals surface area contributed by atoms with Gasteiger partial charge < -0.3 is 15.0 Å². The molecule has 2 heterocycles. The molecule has 1 spiro atoms. The Morgan fingerprint density at radius 2 is 1.94 bits per heavy atom. The summed E-state index contributed by atoms with van der Waals surface area (Å²) in [6.07, 6.45) is 3.68. The molecule has 2 aromatic carbocycles. The quantitative estimate of drug-likeness (QED) is 0.354. The number of ether oxygens (including phenoxy) is 1. The zero-order chi connectivity index (χ0) is 23.0. The third-order valence-electron chi connectivity index (χ3n) is 7.24. The SMILES string of the molecule is Cc1[nH]c2ccccc2c1Cc1ccc(C(=O)N[C@@H]2C[C@@]3(CCCO3)C[C@@H]2C(=O)NO)cc1. The van der Waals surface area contributed by atoms with Crippen molar-refractivity contribution in [3.63, 3.8) is 0 Å². The zero-order valence-electron chi connectivity index (χ0n) is 18.7. The lowest BCUT2D eigenvalue weighted by molar-refractivity contribution is -0.134. The molecule has 4 N–H and O–H groups in total. The average Bonchev–Trinajstić information content (AvgIpc) is 3.52. The smallest absolute Gasteiger partial charge is 0.251 e. The van der Waals surface area contributed by atoms with Crippen LogP contribution >= 0.6 is 0 Å². The van der Waals surface area contributed by atoms with Crippen LogP contribution in [0.4, 0.5) is 0 Å². The fourth-order valence-corrected chi connectivity index (χ4v) is 5.55. The van der Waals surface area contributed by atoms with Gasteiger partial charge in [0.1, 0.15) is 0 Å². The Kier molecular flexibility index (Phi) is 5.68. The Labute approximate surface area is 192 Å². The van der Waals surface area contributed by atoms with E-state index < -0.39 is 11.8 Å². The summed E-state index contributed by atoms with van der Waals surface area (Å²) < 4.78 is 5.93. The number of hydrogen-bond acceptors (Lipinski definition) is 4. The molecule has 1 aliphatic carbocycles. The van der Waals surface area contributed by atoms with E-state index in [1.165, 1.54) is 10.9 Å². The highest BCUT2D eigenvalue weighted by atomic mass is 16.5. The van der Waals surface area contributed by atoms with E-state index in [1.807, 2.05) is 36.4 Å². The largest absolute Gasteiger partial charge is 0.375 e. The summed E-state index contributed by atoms with van der Waals surface area (Å²) in [7, 11) is 0. The molecule has 0 bridgehead atoms. The molecular formula is C26H29N3O4. The highest BCUT2D eigenvalue weighted by Gasteiger charge is 2.51. The number of hydroxylamine groups is 1. The number of carbonyl (C=O) groups is 2. The van der Waals surface area contributed by atoms with Crippen molar-refractivity contribution in [2.75, 3.05) is 6.61 Å². The van der Waals surface area contributed by atoms with Crippen LogP contribution in [0.1, 0.15) is 52.9 Å². The minimum Gasteiger partial charge on any atom is -0.375 e. The fourth-order valence-electron chi connectivity index (χ4n) is 5.55. The molecule has 172 valence electrons. The van der Waals surface area contributed by atoms with Crippen LogP contribution in [0.2, 0.25) is 0 Å². The molecule has 2 aliphatic rings. The summed E-state index contributed by atoms with van der Waals surface area (Å²) in [6, 6.07) is 15.5. The molecule has 0 unspecified atom stereocenters. The van der Waals surface area contributed by atoms with E-state index >= 15 is 0 Å². The number of carbonyl (C=O) groups excluding carboxylic acids is 2. The van der Waals surface area contributed by atoms with Crippen LogP contribution in [0.3, 0.4) is 0 Å². The third-order valence-corrected chi connectivity index (χ3v) is 7.24. The van der Waals surface area contributed by atoms with Crippen molar-refractivity contribution in [2.24, 2.45) is 5.92 Å². The molecule has 1 saturated heterocycles. The Bertz CT molecular complexity index is 1180. The minimum atomic E-state index is -0.513. The zero-order valence-corrected chi connectivity index (χ0v) is 18.7. The van der Waals surface area contributed by atoms with Crippen molar-refractivity contribution in [1.29, 1.82) is 0 Å². The van der Waals surface area contributed by atoms with E-state index in [2.05, 4.69) is 29.4 Å². The van der Waals surface area contributed by atoms with Gasteiger partial charge >= 0.3 is 0 Å². The number of aryl methyl sites for hydroxylation is 1. The van der Waals surface area contributed by atoms with Crippen molar-refractivity contribution >= 4 is 22.7 Å². The van der Waals surface area contributed by atoms with Gasteiger partial charge in [0.05, 0.1) is 11.5 Å². The number of fused-ring (bicyclic) bond motifs is 1. The van der Waals surface area contributed by atoms with Crippen LogP contribution in [0.15, 0.2) is 48.5 Å². The van der Waals surface area contributed by atoms with Crippen molar-refractivity contribution < 1.29 is 19.5 Å². The molecule has 3 atom stereocenters. The number of amides is 2. The monoisotopic (exact) mass is 447 g/mol. The predicted molar refractivity (Wildman–Crippen MR) is 124 cm³/mol. The maximum absolute atomic E-state index is 13.0. The first-order chi connectivity index (χ1) is 16.0. The van der Waals surface area contributed by atoms with Crippen molar-refractivity contribution in [3.05, 3.63) is 70.9 Å². The van der Waals surface area contributed by atoms with Gasteiger partial charge in [-0.2, -0.15) is 0 Å². The van der Waals surface area contributed by atoms with Gasteiger partial charge in [-0.15, -0.1) is 0 Å². The van der Waals surface area contributed by atoms with Crippen LogP contribution in [0, 0.1) is 12.8 Å². The van der Waals surface area contributed by atoms with Gasteiger partial charge in [-0.3, -0.25) is 14.8 Å². The van der Waals surface area contributed by atoms with E-state index in [1.54, 1.807) is 5.48 Å². The van der Waals surface area contributed by atoms with Crippen LogP contribution in [-0.2, 0) is 16.0 Å². The topological polar surface area (TPSA) is 103 Å². The molecule has 33 heavy (non-hydrogen) atoms. The Morgan fingerprint density at radius 1 is 1.15 bits per heavy atom. The molecule has 2 fully saturated rings. The number of benzene rings is 2. The lowest BCUT2D eigenvalue weighted by Gasteiger charge is -2.22. The van der Waals surface area contributed by atoms with E-state index in [4.69, 9.17) is 9.94 Å². The summed E-state index contributed by atoms with van der Waals surface area (Å²) in [4.78, 5) is 28.6. The molecule has 0 radical (unpaired) electrons. The minimum absolute atomic E-state index is 0.222. The normalized spacial score (nSPS) is 24.4. The lowest BCUT2D eigenvalue weighted by Crippen LogP contribution is -2.43. The summed E-state index contributed by atoms with van der Waals surface area (Å²) in [6.45, 7) is 2.75. The van der Waals surface area contributed by atoms with Gasteiger partial charge in [0.25, 0.3) is 5.91 Å². The van der Waals surface area contributed by atoms with Crippen LogP contribution in [0.5, 0.6) is 0 Å². The summed E-state index contributed by atoms with van der Waals surface area (Å²) >= 11 is 0. The standard InChI is InChI=1S/C26H29N3O4/c1-16-20(19-5-2-3-6-22(19)27-16)13-17-7-9-18(10-8-17)24(30)28-23-15-26(11-4-12-33-26)14-21(23)25(31)29-32/h2-3,5-10,21,23,27,32H,4,11-15H2,1H3,(H,28,30)(H,29,31)/t21-,23+,26+/m0/s1. The number of rotatable bonds is 5. The second-order valence-corrected chi connectivity index (χ2v) is 9.35. The van der Waals surface area contributed by atoms with Crippen LogP contribution < -0.4 is 10.8 Å². The molecule has 1 aromatic heterocycles. The lowest BCUT2D eigenvalue weighted by atomic mass is 9.96. The number of aromatic nitrogens is 1. The van der Waals surface area contributed by atoms with Crippen molar-refractivity contribution in [3.8, 4) is 0 Å². The van der Waals surface area contributed by atoms with Gasteiger partial charge in [0.15, 0.2) is 0 Å². The van der Waals surface area contributed by atoms with Crippen LogP contribution in [-0.4, -0.2) is 40.3 Å². The average molecular weight is 448 g/mol. The summed E-state index contributed by atoms with van der Waals surface area (Å²) in [5, 5.41) is 13.4. The molecular weight excluding hydrogens is 418 g/mol. The number of nitrogens with one attached hydrogen (secondary N) is 3. The summed E-state index contributed by atoms with van der Waals surface area (Å²) in [5.74, 6) is -1.21. The van der Waals surface area contributed by atoms with Crippen molar-refractivity contribution in [2.45, 2.75) is 50.7 Å². The van der Waals surface area contributed by atoms with E-state index in [9.17, 15) is 9.59 Å². The number of para-hydroxylation sites is 1. The molecule has 1 saturated carbocycles. The maximum atomic E-state index is 13.0. The number of aromatic amines is 1. The first-order valence-corrected chi connectivity index (χ1v) is 11.5. The number of H-pyrrole nitrogens is 1. The molecule has 2 amide bonds. The predicted octanol–water partition coefficient (Wildman–Crippen LogP) is 3.63. The molecule has 3 aromatic rings. The van der Waals surface area contributed by atoms with Gasteiger partial charge in [-0.1, -0.05) is 30.3 Å². The Balaban J connectivity index is 1.29. The van der Waals surface area contributed by atoms with Gasteiger partial charge in [0.2, 0.25) is 5.91 Å². The Morgan fingerprint density at radius 3 is 2.67 bits per heavy atom. The third kappa shape index (κ3) is 4.14. The van der Waals surface area contributed by atoms with Crippen LogP contribution in [0.25, 0.3) is 10.9 Å². The molecule has 7 nitrogen and oxygen atoms in total. The van der Waals surface area contributed by atoms with E-state index in [-0.39, 0.29) is 17.6 Å². The first kappa shape index (κ1) is 21.7. The van der Waals surface area contributed by atoms with E-state index in [0.29, 0.717) is 25.0 Å². The second kappa shape index (κ2) is 8.65. The second-order valence-electron chi connectivity index (χ2n) is 9.35. The number of hydrogen-bond donors (Lipinski definition) is 4. The summed E-state index contributed by atoms with van der Waals surface area (Å²) in [5.41, 5.74) is 6.58. The van der Waals surface area contributed by atoms with Gasteiger partial charge in [0, 0.05) is 34.8 Å². The maximum Gasteiger partial charge on any atom is 0.251 e.